The molecule has 0 N–H and O–H groups in total. The molecule has 0 bridgehead atoms. The van der Waals surface area contributed by atoms with E-state index < -0.39 is 0 Å². The van der Waals surface area contributed by atoms with Gasteiger partial charge in [-0.1, -0.05) is 176 Å². The van der Waals surface area contributed by atoms with Crippen LogP contribution in [0.4, 0.5) is 0 Å². The summed E-state index contributed by atoms with van der Waals surface area (Å²) in [6, 6.07) is 74.4. The molecule has 0 aliphatic heterocycles. The van der Waals surface area contributed by atoms with Gasteiger partial charge in [-0.2, -0.15) is 5.26 Å². The number of nitrogens with zero attached hydrogens (tertiary/aromatic N) is 3. The van der Waals surface area contributed by atoms with Crippen molar-refractivity contribution in [1.82, 2.24) is 9.38 Å². The van der Waals surface area contributed by atoms with E-state index in [1.807, 2.05) is 35.6 Å². The molecule has 0 radical (unpaired) electrons. The summed E-state index contributed by atoms with van der Waals surface area (Å²) >= 11 is 1.86. The summed E-state index contributed by atoms with van der Waals surface area (Å²) in [6.45, 7) is 0. The summed E-state index contributed by atoms with van der Waals surface area (Å²) in [6.07, 6.45) is 0. The Bertz CT molecular complexity index is 4020. The minimum Gasteiger partial charge on any atom is -0.291 e. The molecule has 0 unspecified atom stereocenters. The second-order valence-corrected chi connectivity index (χ2v) is 17.2. The molecule has 0 fully saturated rings. The molecule has 0 atom stereocenters. The predicted molar refractivity (Wildman–Crippen MR) is 262 cm³/mol. The Morgan fingerprint density at radius 2 is 0.935 bits per heavy atom. The van der Waals surface area contributed by atoms with Gasteiger partial charge >= 0.3 is 0 Å². The Labute approximate surface area is 360 Å². The van der Waals surface area contributed by atoms with E-state index in [-0.39, 0.29) is 0 Å². The first-order valence-electron chi connectivity index (χ1n) is 20.9. The minimum absolute atomic E-state index is 0.668. The molecule has 10 aromatic carbocycles. The zero-order valence-electron chi connectivity index (χ0n) is 33.3. The van der Waals surface area contributed by atoms with E-state index in [9.17, 15) is 5.26 Å². The van der Waals surface area contributed by atoms with Crippen molar-refractivity contribution in [3.63, 3.8) is 0 Å². The average molecular weight is 804 g/mol. The van der Waals surface area contributed by atoms with Gasteiger partial charge in [-0.05, 0) is 101 Å². The van der Waals surface area contributed by atoms with E-state index in [4.69, 9.17) is 4.98 Å². The van der Waals surface area contributed by atoms with Gasteiger partial charge in [-0.25, -0.2) is 4.98 Å². The summed E-state index contributed by atoms with van der Waals surface area (Å²) in [5.41, 5.74) is 13.0. The highest BCUT2D eigenvalue weighted by atomic mass is 32.1. The average Bonchev–Trinajstić information content (AvgIpc) is 3.93. The molecule has 0 saturated heterocycles. The number of aromatic nitrogens is 2. The molecule has 0 spiro atoms. The van der Waals surface area contributed by atoms with Gasteiger partial charge in [0.25, 0.3) is 0 Å². The van der Waals surface area contributed by atoms with Crippen LogP contribution in [0.1, 0.15) is 5.56 Å². The molecule has 13 aromatic rings. The smallest absolute Gasteiger partial charge is 0.156 e. The maximum Gasteiger partial charge on any atom is 0.156 e. The number of hydrogen-bond acceptors (Lipinski definition) is 3. The van der Waals surface area contributed by atoms with E-state index in [0.29, 0.717) is 5.56 Å². The molecule has 3 aromatic heterocycles. The molecule has 0 aliphatic rings. The van der Waals surface area contributed by atoms with E-state index in [1.165, 1.54) is 85.5 Å². The maximum atomic E-state index is 9.23. The second-order valence-electron chi connectivity index (χ2n) is 16.2. The van der Waals surface area contributed by atoms with Gasteiger partial charge in [-0.3, -0.25) is 4.40 Å². The van der Waals surface area contributed by atoms with Crippen molar-refractivity contribution < 1.29 is 0 Å². The zero-order chi connectivity index (χ0) is 40.9. The number of thiophene rings is 1. The number of rotatable bonds is 4. The number of nitriles is 1. The lowest BCUT2D eigenvalue weighted by Gasteiger charge is -2.14. The van der Waals surface area contributed by atoms with Crippen molar-refractivity contribution in [2.45, 2.75) is 0 Å². The summed E-state index contributed by atoms with van der Waals surface area (Å²) < 4.78 is 4.90. The van der Waals surface area contributed by atoms with Crippen molar-refractivity contribution >= 4 is 91.3 Å². The first kappa shape index (κ1) is 34.7. The standard InChI is InChI=1S/C58H33N3S/c59-34-35-13-15-36(16-14-35)37-17-19-40(20-18-37)44-29-30-45(48-12-6-5-11-47(44)48)41-21-23-42(24-22-41)54-33-52-51-28-26-39-8-2-4-10-46(39)56(51)62-57(52)58-60-55-50-27-25-38-7-1-3-9-43(38)49(50)31-32-53(55)61(54)58/h1-33H. The monoisotopic (exact) mass is 803 g/mol. The third-order valence-electron chi connectivity index (χ3n) is 12.8. The van der Waals surface area contributed by atoms with Gasteiger partial charge in [0.2, 0.25) is 0 Å². The zero-order valence-corrected chi connectivity index (χ0v) is 34.1. The van der Waals surface area contributed by atoms with Crippen molar-refractivity contribution in [3.05, 3.63) is 206 Å². The van der Waals surface area contributed by atoms with Crippen LogP contribution in [0.15, 0.2) is 200 Å². The molecule has 4 heteroatoms. The summed E-state index contributed by atoms with van der Waals surface area (Å²) in [7, 11) is 0. The number of fused-ring (bicyclic) bond motifs is 14. The van der Waals surface area contributed by atoms with Crippen molar-refractivity contribution in [2.75, 3.05) is 0 Å². The lowest BCUT2D eigenvalue weighted by atomic mass is 9.91. The molecule has 3 heterocycles. The van der Waals surface area contributed by atoms with E-state index in [1.54, 1.807) is 0 Å². The van der Waals surface area contributed by atoms with Gasteiger partial charge in [0.15, 0.2) is 5.65 Å². The highest BCUT2D eigenvalue weighted by Gasteiger charge is 2.21. The van der Waals surface area contributed by atoms with Crippen LogP contribution >= 0.6 is 11.3 Å². The van der Waals surface area contributed by atoms with Crippen LogP contribution in [0.5, 0.6) is 0 Å². The topological polar surface area (TPSA) is 41.1 Å². The number of pyridine rings is 1. The Morgan fingerprint density at radius 3 is 1.60 bits per heavy atom. The number of benzene rings is 10. The third kappa shape index (κ3) is 5.19. The maximum absolute atomic E-state index is 9.23. The Kier molecular flexibility index (Phi) is 7.54. The molecule has 286 valence electrons. The first-order chi connectivity index (χ1) is 30.7. The predicted octanol–water partition coefficient (Wildman–Crippen LogP) is 16.0. The van der Waals surface area contributed by atoms with Gasteiger partial charge in [0, 0.05) is 20.9 Å². The van der Waals surface area contributed by atoms with Crippen LogP contribution in [-0.4, -0.2) is 9.38 Å². The van der Waals surface area contributed by atoms with Gasteiger partial charge in [0.1, 0.15) is 0 Å². The summed E-state index contributed by atoms with van der Waals surface area (Å²) in [4.78, 5) is 5.56. The highest BCUT2D eigenvalue weighted by Crippen LogP contribution is 2.45. The fourth-order valence-electron chi connectivity index (χ4n) is 9.79. The van der Waals surface area contributed by atoms with E-state index >= 15 is 0 Å². The molecule has 13 rings (SSSR count). The second kappa shape index (κ2) is 13.5. The minimum atomic E-state index is 0.668. The molecule has 0 amide bonds. The van der Waals surface area contributed by atoms with E-state index in [0.717, 1.165) is 39.1 Å². The van der Waals surface area contributed by atoms with Crippen molar-refractivity contribution in [3.8, 4) is 50.7 Å². The van der Waals surface area contributed by atoms with Crippen LogP contribution in [0.3, 0.4) is 0 Å². The lowest BCUT2D eigenvalue weighted by molar-refractivity contribution is 1.25. The Morgan fingerprint density at radius 1 is 0.403 bits per heavy atom. The fourth-order valence-corrected chi connectivity index (χ4v) is 11.1. The normalized spacial score (nSPS) is 11.9. The van der Waals surface area contributed by atoms with Crippen LogP contribution in [-0.2, 0) is 0 Å². The van der Waals surface area contributed by atoms with Gasteiger partial charge in [-0.15, -0.1) is 11.3 Å². The molecular formula is C58H33N3S. The first-order valence-corrected chi connectivity index (χ1v) is 21.7. The number of imidazole rings is 1. The largest absolute Gasteiger partial charge is 0.291 e. The SMILES string of the molecule is N#Cc1ccc(-c2ccc(-c3ccc(-c4ccc(-c5cc6c7ccc8ccccc8c7sc6c6nc7c8ccc9ccccc9c8ccc7n56)cc4)c4ccccc34)cc2)cc1. The van der Waals surface area contributed by atoms with Crippen LogP contribution in [0.25, 0.3) is 125 Å². The molecule has 0 saturated carbocycles. The molecular weight excluding hydrogens is 771 g/mol. The quantitative estimate of drug-likeness (QED) is 0.166. The van der Waals surface area contributed by atoms with Gasteiger partial charge < -0.3 is 0 Å². The fraction of sp³-hybridized carbons (Fsp3) is 0. The van der Waals surface area contributed by atoms with E-state index in [2.05, 4.69) is 186 Å². The van der Waals surface area contributed by atoms with Gasteiger partial charge in [0.05, 0.1) is 33.1 Å². The van der Waals surface area contributed by atoms with Crippen LogP contribution in [0.2, 0.25) is 0 Å². The van der Waals surface area contributed by atoms with Crippen LogP contribution < -0.4 is 0 Å². The molecule has 62 heavy (non-hydrogen) atoms. The van der Waals surface area contributed by atoms with Crippen molar-refractivity contribution in [2.24, 2.45) is 0 Å². The third-order valence-corrected chi connectivity index (χ3v) is 14.1. The van der Waals surface area contributed by atoms with Crippen LogP contribution in [0, 0.1) is 11.3 Å². The Balaban J connectivity index is 0.966. The summed E-state index contributed by atoms with van der Waals surface area (Å²) in [5, 5.41) is 21.6. The number of hydrogen-bond donors (Lipinski definition) is 0. The van der Waals surface area contributed by atoms with Crippen molar-refractivity contribution in [1.29, 1.82) is 5.26 Å². The summed E-state index contributed by atoms with van der Waals surface area (Å²) in [5.74, 6) is 0. The Hall–Kier alpha value is -8.10. The molecule has 3 nitrogen and oxygen atoms in total. The molecule has 0 aliphatic carbocycles. The lowest BCUT2D eigenvalue weighted by Crippen LogP contribution is -1.93. The highest BCUT2D eigenvalue weighted by molar-refractivity contribution is 7.27.